The number of carbonyl (C=O) groups is 2. The molecule has 0 heterocycles. The SMILES string of the molecule is COc1ccc(CCNC(=O)c2ccc(NC(=O)NC3CC3)cc2)cc1OC. The Kier molecular flexibility index (Phi) is 6.37. The van der Waals surface area contributed by atoms with E-state index in [1.807, 2.05) is 18.2 Å². The molecule has 3 N–H and O–H groups in total. The Morgan fingerprint density at radius 1 is 1.00 bits per heavy atom. The predicted octanol–water partition coefficient (Wildman–Crippen LogP) is 2.96. The smallest absolute Gasteiger partial charge is 0.319 e. The van der Waals surface area contributed by atoms with Gasteiger partial charge < -0.3 is 25.4 Å². The minimum atomic E-state index is -0.213. The molecule has 3 amide bonds. The molecular weight excluding hydrogens is 358 g/mol. The molecule has 0 bridgehead atoms. The Hall–Kier alpha value is -3.22. The van der Waals surface area contributed by atoms with Crippen molar-refractivity contribution in [2.24, 2.45) is 0 Å². The number of urea groups is 1. The highest BCUT2D eigenvalue weighted by Gasteiger charge is 2.23. The van der Waals surface area contributed by atoms with Crippen LogP contribution < -0.4 is 25.4 Å². The number of nitrogens with one attached hydrogen (secondary N) is 3. The first-order chi connectivity index (χ1) is 13.6. The maximum absolute atomic E-state index is 12.3. The number of hydrogen-bond acceptors (Lipinski definition) is 4. The molecule has 1 saturated carbocycles. The molecule has 7 nitrogen and oxygen atoms in total. The number of carbonyl (C=O) groups excluding carboxylic acids is 2. The molecular formula is C21H25N3O4. The molecule has 1 fully saturated rings. The topological polar surface area (TPSA) is 88.7 Å². The number of amides is 3. The van der Waals surface area contributed by atoms with Crippen LogP contribution in [0.2, 0.25) is 0 Å². The van der Waals surface area contributed by atoms with Crippen molar-refractivity contribution < 1.29 is 19.1 Å². The summed E-state index contributed by atoms with van der Waals surface area (Å²) in [6, 6.07) is 12.6. The van der Waals surface area contributed by atoms with Gasteiger partial charge in [0.1, 0.15) is 0 Å². The Morgan fingerprint density at radius 2 is 1.71 bits per heavy atom. The fourth-order valence-electron chi connectivity index (χ4n) is 2.74. The first-order valence-electron chi connectivity index (χ1n) is 9.25. The van der Waals surface area contributed by atoms with Crippen LogP contribution in [0.1, 0.15) is 28.8 Å². The van der Waals surface area contributed by atoms with E-state index in [-0.39, 0.29) is 11.9 Å². The molecule has 0 radical (unpaired) electrons. The van der Waals surface area contributed by atoms with Crippen LogP contribution in [0.15, 0.2) is 42.5 Å². The second kappa shape index (κ2) is 9.12. The number of methoxy groups -OCH3 is 2. The molecule has 3 rings (SSSR count). The number of ether oxygens (including phenoxy) is 2. The number of rotatable bonds is 8. The summed E-state index contributed by atoms with van der Waals surface area (Å²) in [5.41, 5.74) is 2.24. The molecule has 7 heteroatoms. The Morgan fingerprint density at radius 3 is 2.36 bits per heavy atom. The average Bonchev–Trinajstić information content (AvgIpc) is 3.52. The second-order valence-corrected chi connectivity index (χ2v) is 6.65. The molecule has 0 atom stereocenters. The third-order valence-electron chi connectivity index (χ3n) is 4.46. The molecule has 0 aromatic heterocycles. The number of hydrogen-bond donors (Lipinski definition) is 3. The Labute approximate surface area is 164 Å². The van der Waals surface area contributed by atoms with Gasteiger partial charge in [-0.25, -0.2) is 4.79 Å². The van der Waals surface area contributed by atoms with E-state index in [0.717, 1.165) is 18.4 Å². The van der Waals surface area contributed by atoms with Crippen molar-refractivity contribution in [1.82, 2.24) is 10.6 Å². The van der Waals surface area contributed by atoms with Gasteiger partial charge in [0.25, 0.3) is 5.91 Å². The van der Waals surface area contributed by atoms with Gasteiger partial charge in [0.05, 0.1) is 14.2 Å². The van der Waals surface area contributed by atoms with E-state index in [1.54, 1.807) is 38.5 Å². The predicted molar refractivity (Wildman–Crippen MR) is 107 cm³/mol. The van der Waals surface area contributed by atoms with Gasteiger partial charge in [-0.3, -0.25) is 4.79 Å². The summed E-state index contributed by atoms with van der Waals surface area (Å²) in [6.45, 7) is 0.498. The maximum Gasteiger partial charge on any atom is 0.319 e. The molecule has 0 saturated heterocycles. The molecule has 0 unspecified atom stereocenters. The lowest BCUT2D eigenvalue weighted by molar-refractivity contribution is 0.0954. The summed E-state index contributed by atoms with van der Waals surface area (Å²) in [5, 5.41) is 8.51. The van der Waals surface area contributed by atoms with Crippen LogP contribution in [0.25, 0.3) is 0 Å². The first-order valence-corrected chi connectivity index (χ1v) is 9.25. The van der Waals surface area contributed by atoms with Crippen molar-refractivity contribution in [2.45, 2.75) is 25.3 Å². The first kappa shape index (κ1) is 19.5. The highest BCUT2D eigenvalue weighted by molar-refractivity contribution is 5.95. The van der Waals surface area contributed by atoms with Gasteiger partial charge >= 0.3 is 6.03 Å². The molecule has 1 aliphatic rings. The third kappa shape index (κ3) is 5.39. The second-order valence-electron chi connectivity index (χ2n) is 6.65. The summed E-state index contributed by atoms with van der Waals surface area (Å²) >= 11 is 0. The van der Waals surface area contributed by atoms with E-state index >= 15 is 0 Å². The Bertz CT molecular complexity index is 832. The minimum absolute atomic E-state index is 0.158. The highest BCUT2D eigenvalue weighted by Crippen LogP contribution is 2.27. The zero-order chi connectivity index (χ0) is 19.9. The zero-order valence-corrected chi connectivity index (χ0v) is 16.1. The molecule has 0 aliphatic heterocycles. The van der Waals surface area contributed by atoms with Gasteiger partial charge in [0, 0.05) is 23.8 Å². The van der Waals surface area contributed by atoms with Crippen molar-refractivity contribution in [3.05, 3.63) is 53.6 Å². The number of benzene rings is 2. The molecule has 2 aromatic carbocycles. The molecule has 2 aromatic rings. The van der Waals surface area contributed by atoms with Crippen LogP contribution in [0.5, 0.6) is 11.5 Å². The normalized spacial score (nSPS) is 12.8. The Balaban J connectivity index is 1.47. The van der Waals surface area contributed by atoms with Crippen LogP contribution in [-0.2, 0) is 6.42 Å². The molecule has 148 valence electrons. The number of anilines is 1. The van der Waals surface area contributed by atoms with E-state index in [1.165, 1.54) is 0 Å². The van der Waals surface area contributed by atoms with E-state index in [0.29, 0.717) is 41.8 Å². The minimum Gasteiger partial charge on any atom is -0.493 e. The fourth-order valence-corrected chi connectivity index (χ4v) is 2.74. The highest BCUT2D eigenvalue weighted by atomic mass is 16.5. The quantitative estimate of drug-likeness (QED) is 0.654. The van der Waals surface area contributed by atoms with Crippen molar-refractivity contribution in [2.75, 3.05) is 26.1 Å². The summed E-state index contributed by atoms with van der Waals surface area (Å²) in [5.74, 6) is 1.18. The van der Waals surface area contributed by atoms with Gasteiger partial charge in [-0.05, 0) is 61.2 Å². The fraction of sp³-hybridized carbons (Fsp3) is 0.333. The van der Waals surface area contributed by atoms with E-state index in [4.69, 9.17) is 9.47 Å². The monoisotopic (exact) mass is 383 g/mol. The van der Waals surface area contributed by atoms with E-state index in [9.17, 15) is 9.59 Å². The molecule has 0 spiro atoms. The van der Waals surface area contributed by atoms with Gasteiger partial charge in [-0.2, -0.15) is 0 Å². The van der Waals surface area contributed by atoms with E-state index in [2.05, 4.69) is 16.0 Å². The van der Waals surface area contributed by atoms with Crippen molar-refractivity contribution >= 4 is 17.6 Å². The molecule has 28 heavy (non-hydrogen) atoms. The van der Waals surface area contributed by atoms with Crippen LogP contribution in [0, 0.1) is 0 Å². The lowest BCUT2D eigenvalue weighted by atomic mass is 10.1. The van der Waals surface area contributed by atoms with Crippen LogP contribution in [0.4, 0.5) is 10.5 Å². The summed E-state index contributed by atoms with van der Waals surface area (Å²) in [6.07, 6.45) is 2.75. The van der Waals surface area contributed by atoms with Gasteiger partial charge in [-0.1, -0.05) is 6.07 Å². The zero-order valence-electron chi connectivity index (χ0n) is 16.1. The van der Waals surface area contributed by atoms with Crippen molar-refractivity contribution in [3.63, 3.8) is 0 Å². The van der Waals surface area contributed by atoms with Gasteiger partial charge in [0.15, 0.2) is 11.5 Å². The maximum atomic E-state index is 12.3. The van der Waals surface area contributed by atoms with Gasteiger partial charge in [0.2, 0.25) is 0 Å². The average molecular weight is 383 g/mol. The van der Waals surface area contributed by atoms with Crippen molar-refractivity contribution in [3.8, 4) is 11.5 Å². The lowest BCUT2D eigenvalue weighted by Crippen LogP contribution is -2.30. The van der Waals surface area contributed by atoms with E-state index < -0.39 is 0 Å². The molecule has 1 aliphatic carbocycles. The van der Waals surface area contributed by atoms with Crippen LogP contribution in [-0.4, -0.2) is 38.7 Å². The van der Waals surface area contributed by atoms with Crippen LogP contribution >= 0.6 is 0 Å². The lowest BCUT2D eigenvalue weighted by Gasteiger charge is -2.10. The van der Waals surface area contributed by atoms with Gasteiger partial charge in [-0.15, -0.1) is 0 Å². The summed E-state index contributed by atoms with van der Waals surface area (Å²) in [4.78, 5) is 24.0. The summed E-state index contributed by atoms with van der Waals surface area (Å²) in [7, 11) is 3.19. The standard InChI is InChI=1S/C21H25N3O4/c1-27-18-10-3-14(13-19(18)28-2)11-12-22-20(25)15-4-6-16(7-5-15)23-21(26)24-17-8-9-17/h3-7,10,13,17H,8-9,11-12H2,1-2H3,(H,22,25)(H2,23,24,26). The third-order valence-corrected chi connectivity index (χ3v) is 4.46. The van der Waals surface area contributed by atoms with Crippen LogP contribution in [0.3, 0.4) is 0 Å². The van der Waals surface area contributed by atoms with Crippen molar-refractivity contribution in [1.29, 1.82) is 0 Å². The summed E-state index contributed by atoms with van der Waals surface area (Å²) < 4.78 is 10.5. The largest absolute Gasteiger partial charge is 0.493 e.